The largest absolute Gasteiger partial charge is 0.485 e. The molecule has 140 valence electrons. The van der Waals surface area contributed by atoms with E-state index in [0.717, 1.165) is 0 Å². The Hall–Kier alpha value is -3.01. The van der Waals surface area contributed by atoms with Gasteiger partial charge in [-0.1, -0.05) is 29.1 Å². The Morgan fingerprint density at radius 3 is 2.93 bits per heavy atom. The molecule has 1 N–H and O–H groups in total. The van der Waals surface area contributed by atoms with Crippen LogP contribution in [0.15, 0.2) is 40.0 Å². The van der Waals surface area contributed by atoms with E-state index in [2.05, 4.69) is 20.7 Å². The minimum atomic E-state index is -0.362. The zero-order valence-electron chi connectivity index (χ0n) is 14.7. The maximum Gasteiger partial charge on any atom is 0.236 e. The van der Waals surface area contributed by atoms with Crippen LogP contribution in [0.1, 0.15) is 17.7 Å². The van der Waals surface area contributed by atoms with Crippen LogP contribution in [0.4, 0.5) is 5.82 Å². The molecule has 3 heterocycles. The van der Waals surface area contributed by atoms with E-state index < -0.39 is 0 Å². The number of nitrogens with one attached hydrogen (secondary N) is 1. The van der Waals surface area contributed by atoms with Crippen molar-refractivity contribution in [3.63, 3.8) is 0 Å². The first-order chi connectivity index (χ1) is 13.1. The number of aromatic nitrogens is 4. The second kappa shape index (κ2) is 7.31. The van der Waals surface area contributed by atoms with Crippen molar-refractivity contribution in [2.45, 2.75) is 18.2 Å². The van der Waals surface area contributed by atoms with Crippen LogP contribution in [0.3, 0.4) is 0 Å². The van der Waals surface area contributed by atoms with Crippen LogP contribution >= 0.6 is 11.8 Å². The summed E-state index contributed by atoms with van der Waals surface area (Å²) in [6, 6.07) is 9.14. The third-order valence-corrected chi connectivity index (χ3v) is 4.91. The maximum absolute atomic E-state index is 12.0. The average molecular weight is 387 g/mol. The van der Waals surface area contributed by atoms with E-state index in [4.69, 9.17) is 14.0 Å². The highest BCUT2D eigenvalue weighted by atomic mass is 32.2. The second-order valence-electron chi connectivity index (χ2n) is 5.92. The first-order valence-corrected chi connectivity index (χ1v) is 9.22. The Bertz CT molecular complexity index is 970. The fraction of sp³-hybridized carbons (Fsp3) is 0.294. The van der Waals surface area contributed by atoms with E-state index in [0.29, 0.717) is 40.7 Å². The Morgan fingerprint density at radius 1 is 1.33 bits per heavy atom. The highest BCUT2D eigenvalue weighted by molar-refractivity contribution is 7.99. The number of aryl methyl sites for hydroxylation is 1. The zero-order chi connectivity index (χ0) is 18.8. The number of ether oxygens (including phenoxy) is 2. The van der Waals surface area contributed by atoms with E-state index in [9.17, 15) is 4.79 Å². The number of rotatable bonds is 5. The Balaban J connectivity index is 1.38. The van der Waals surface area contributed by atoms with Crippen molar-refractivity contribution < 1.29 is 18.8 Å². The van der Waals surface area contributed by atoms with Crippen LogP contribution in [0, 0.1) is 6.92 Å². The Kier molecular flexibility index (Phi) is 4.71. The van der Waals surface area contributed by atoms with Crippen molar-refractivity contribution >= 4 is 23.5 Å². The number of anilines is 1. The quantitative estimate of drug-likeness (QED) is 0.665. The molecular formula is C17H17N5O4S. The fourth-order valence-corrected chi connectivity index (χ4v) is 3.33. The number of para-hydroxylation sites is 2. The van der Waals surface area contributed by atoms with Gasteiger partial charge in [-0.15, -0.1) is 10.2 Å². The summed E-state index contributed by atoms with van der Waals surface area (Å²) in [6.07, 6.45) is -0.362. The number of hydrogen-bond donors (Lipinski definition) is 1. The lowest BCUT2D eigenvalue weighted by Crippen LogP contribution is -2.24. The van der Waals surface area contributed by atoms with Crippen LogP contribution in [0.25, 0.3) is 0 Å². The summed E-state index contributed by atoms with van der Waals surface area (Å²) in [5.41, 5.74) is 0. The smallest absolute Gasteiger partial charge is 0.236 e. The third kappa shape index (κ3) is 3.75. The standard InChI is InChI=1S/C17H17N5O4S/c1-10-7-14(21-26-10)18-15(23)9-27-17-20-19-16(22(17)2)13-8-24-11-5-3-4-6-12(11)25-13/h3-7,13H,8-9H2,1-2H3,(H,18,21,23)/t13-/m0/s1. The number of carbonyl (C=O) groups is 1. The number of fused-ring (bicyclic) bond motifs is 1. The predicted molar refractivity (Wildman–Crippen MR) is 96.9 cm³/mol. The number of amides is 1. The highest BCUT2D eigenvalue weighted by Crippen LogP contribution is 2.35. The van der Waals surface area contributed by atoms with E-state index >= 15 is 0 Å². The van der Waals surface area contributed by atoms with Gasteiger partial charge in [0.25, 0.3) is 0 Å². The summed E-state index contributed by atoms with van der Waals surface area (Å²) >= 11 is 1.27. The van der Waals surface area contributed by atoms with Crippen LogP contribution < -0.4 is 14.8 Å². The molecule has 0 saturated heterocycles. The Morgan fingerprint density at radius 2 is 2.15 bits per heavy atom. The molecule has 1 aromatic carbocycles. The summed E-state index contributed by atoms with van der Waals surface area (Å²) in [4.78, 5) is 12.0. The molecule has 0 bridgehead atoms. The summed E-state index contributed by atoms with van der Waals surface area (Å²) in [7, 11) is 1.83. The van der Waals surface area contributed by atoms with Crippen molar-refractivity contribution in [2.75, 3.05) is 17.7 Å². The molecule has 1 amide bonds. The second-order valence-corrected chi connectivity index (χ2v) is 6.87. The SMILES string of the molecule is Cc1cc(NC(=O)CSc2nnc([C@@H]3COc4ccccc4O3)n2C)no1. The van der Waals surface area contributed by atoms with Gasteiger partial charge >= 0.3 is 0 Å². The highest BCUT2D eigenvalue weighted by Gasteiger charge is 2.27. The van der Waals surface area contributed by atoms with Gasteiger partial charge in [0, 0.05) is 13.1 Å². The molecule has 0 fully saturated rings. The number of hydrogen-bond acceptors (Lipinski definition) is 8. The molecule has 1 atom stereocenters. The normalized spacial score (nSPS) is 15.6. The summed E-state index contributed by atoms with van der Waals surface area (Å²) in [5.74, 6) is 3.01. The van der Waals surface area contributed by atoms with Crippen molar-refractivity contribution in [3.05, 3.63) is 41.9 Å². The molecule has 3 aromatic rings. The summed E-state index contributed by atoms with van der Waals surface area (Å²) in [6.45, 7) is 2.10. The molecule has 1 aliphatic rings. The number of carbonyl (C=O) groups excluding carboxylic acids is 1. The van der Waals surface area contributed by atoms with Gasteiger partial charge in [-0.2, -0.15) is 0 Å². The van der Waals surface area contributed by atoms with Crippen LogP contribution in [0.5, 0.6) is 11.5 Å². The molecular weight excluding hydrogens is 370 g/mol. The number of nitrogens with zero attached hydrogens (tertiary/aromatic N) is 4. The molecule has 0 aliphatic carbocycles. The van der Waals surface area contributed by atoms with Gasteiger partial charge in [0.15, 0.2) is 34.4 Å². The fourth-order valence-electron chi connectivity index (χ4n) is 2.61. The lowest BCUT2D eigenvalue weighted by Gasteiger charge is -2.25. The topological polar surface area (TPSA) is 104 Å². The molecule has 0 saturated carbocycles. The zero-order valence-corrected chi connectivity index (χ0v) is 15.5. The predicted octanol–water partition coefficient (Wildman–Crippen LogP) is 2.35. The molecule has 4 rings (SSSR count). The number of benzene rings is 1. The van der Waals surface area contributed by atoms with Gasteiger partial charge in [-0.25, -0.2) is 0 Å². The summed E-state index contributed by atoms with van der Waals surface area (Å²) in [5, 5.41) is 15.4. The molecule has 0 spiro atoms. The van der Waals surface area contributed by atoms with E-state index in [1.165, 1.54) is 11.8 Å². The Labute approximate surface area is 159 Å². The van der Waals surface area contributed by atoms with Crippen molar-refractivity contribution in [1.82, 2.24) is 19.9 Å². The molecule has 0 radical (unpaired) electrons. The first-order valence-electron chi connectivity index (χ1n) is 8.24. The first kappa shape index (κ1) is 17.4. The van der Waals surface area contributed by atoms with Gasteiger partial charge in [0.1, 0.15) is 12.4 Å². The van der Waals surface area contributed by atoms with E-state index in [-0.39, 0.29) is 17.8 Å². The number of thioether (sulfide) groups is 1. The molecule has 27 heavy (non-hydrogen) atoms. The minimum absolute atomic E-state index is 0.169. The lowest BCUT2D eigenvalue weighted by atomic mass is 10.2. The van der Waals surface area contributed by atoms with Gasteiger partial charge in [-0.05, 0) is 19.1 Å². The van der Waals surface area contributed by atoms with Gasteiger partial charge in [-0.3, -0.25) is 4.79 Å². The average Bonchev–Trinajstić information content (AvgIpc) is 3.25. The van der Waals surface area contributed by atoms with E-state index in [1.807, 2.05) is 31.3 Å². The van der Waals surface area contributed by atoms with E-state index in [1.54, 1.807) is 17.6 Å². The van der Waals surface area contributed by atoms with Crippen molar-refractivity contribution in [1.29, 1.82) is 0 Å². The molecule has 9 nitrogen and oxygen atoms in total. The molecule has 2 aromatic heterocycles. The molecule has 10 heteroatoms. The van der Waals surface area contributed by atoms with Gasteiger partial charge in [0.05, 0.1) is 5.75 Å². The van der Waals surface area contributed by atoms with Gasteiger partial charge < -0.3 is 23.9 Å². The maximum atomic E-state index is 12.0. The van der Waals surface area contributed by atoms with Crippen LogP contribution in [0.2, 0.25) is 0 Å². The monoisotopic (exact) mass is 387 g/mol. The van der Waals surface area contributed by atoms with Crippen molar-refractivity contribution in [3.8, 4) is 11.5 Å². The van der Waals surface area contributed by atoms with Crippen LogP contribution in [-0.4, -0.2) is 38.2 Å². The molecule has 0 unspecified atom stereocenters. The van der Waals surface area contributed by atoms with Gasteiger partial charge in [0.2, 0.25) is 5.91 Å². The van der Waals surface area contributed by atoms with Crippen molar-refractivity contribution in [2.24, 2.45) is 7.05 Å². The third-order valence-electron chi connectivity index (χ3n) is 3.89. The minimum Gasteiger partial charge on any atom is -0.485 e. The molecule has 1 aliphatic heterocycles. The summed E-state index contributed by atoms with van der Waals surface area (Å²) < 4.78 is 18.4. The van der Waals surface area contributed by atoms with Crippen LogP contribution in [-0.2, 0) is 11.8 Å². The lowest BCUT2D eigenvalue weighted by molar-refractivity contribution is -0.113.